The highest BCUT2D eigenvalue weighted by Gasteiger charge is 2.21. The Bertz CT molecular complexity index is 858. The fraction of sp³-hybridized carbons (Fsp3) is 0.450. The molecule has 1 aromatic heterocycles. The molecule has 2 heterocycles. The fourth-order valence-electron chi connectivity index (χ4n) is 3.31. The summed E-state index contributed by atoms with van der Waals surface area (Å²) in [5.74, 6) is -0.491. The summed E-state index contributed by atoms with van der Waals surface area (Å²) in [6.07, 6.45) is 0.181. The summed E-state index contributed by atoms with van der Waals surface area (Å²) in [6.45, 7) is 10.7. The highest BCUT2D eigenvalue weighted by Crippen LogP contribution is 2.21. The second-order valence-corrected chi connectivity index (χ2v) is 8.09. The minimum Gasteiger partial charge on any atom is -0.358 e. The highest BCUT2D eigenvalue weighted by atomic mass is 32.1. The minimum absolute atomic E-state index is 0.181. The number of quaternary nitrogens is 1. The molecule has 0 atom stereocenters. The summed E-state index contributed by atoms with van der Waals surface area (Å²) in [5, 5.41) is 6.90. The zero-order chi connectivity index (χ0) is 20.1. The quantitative estimate of drug-likeness (QED) is 0.565. The van der Waals surface area contributed by atoms with Gasteiger partial charge in [0.1, 0.15) is 5.82 Å². The van der Waals surface area contributed by atoms with Crippen molar-refractivity contribution in [1.82, 2.24) is 10.4 Å². The van der Waals surface area contributed by atoms with Gasteiger partial charge in [-0.25, -0.2) is 14.8 Å². The van der Waals surface area contributed by atoms with Crippen LogP contribution in [-0.4, -0.2) is 49.3 Å². The van der Waals surface area contributed by atoms with Gasteiger partial charge < -0.3 is 9.80 Å². The lowest BCUT2D eigenvalue weighted by molar-refractivity contribution is -0.898. The number of hydrogen-bond donors (Lipinski definition) is 2. The number of aryl methyl sites for hydroxylation is 1. The molecule has 1 aliphatic heterocycles. The van der Waals surface area contributed by atoms with Gasteiger partial charge in [-0.15, -0.1) is 11.3 Å². The summed E-state index contributed by atoms with van der Waals surface area (Å²) in [7, 11) is 0. The summed E-state index contributed by atoms with van der Waals surface area (Å²) in [6, 6.07) is 5.15. The second-order valence-electron chi connectivity index (χ2n) is 7.02. The molecule has 28 heavy (non-hydrogen) atoms. The molecule has 0 unspecified atom stereocenters. The third-order valence-electron chi connectivity index (χ3n) is 5.03. The van der Waals surface area contributed by atoms with Gasteiger partial charge in [0.2, 0.25) is 5.91 Å². The standard InChI is InChI=1S/C20H26FN5OS/c1-4-25-7-9-26(10-8-25)19-6-5-16(11-18(19)21)14(2)23-24-20(27)12-17-13-28-15(3)22-17/h5-6,11,13H,4,7-10,12H2,1-3H3,(H,24,27)/p+1/b23-14-. The van der Waals surface area contributed by atoms with Crippen LogP contribution in [0.25, 0.3) is 0 Å². The van der Waals surface area contributed by atoms with Crippen LogP contribution in [0.15, 0.2) is 28.7 Å². The maximum atomic E-state index is 14.7. The zero-order valence-corrected chi connectivity index (χ0v) is 17.4. The monoisotopic (exact) mass is 404 g/mol. The van der Waals surface area contributed by atoms with E-state index in [1.54, 1.807) is 17.9 Å². The van der Waals surface area contributed by atoms with Gasteiger partial charge in [0.25, 0.3) is 0 Å². The first-order chi connectivity index (χ1) is 13.5. The molecule has 1 saturated heterocycles. The first kappa shape index (κ1) is 20.4. The molecule has 0 radical (unpaired) electrons. The van der Waals surface area contributed by atoms with E-state index in [0.29, 0.717) is 17.0 Å². The van der Waals surface area contributed by atoms with Gasteiger partial charge in [-0.1, -0.05) is 6.07 Å². The van der Waals surface area contributed by atoms with Crippen LogP contribution in [-0.2, 0) is 11.2 Å². The number of hydrogen-bond acceptors (Lipinski definition) is 5. The Morgan fingerprint density at radius 3 is 2.75 bits per heavy atom. The number of aromatic nitrogens is 1. The Morgan fingerprint density at radius 1 is 1.39 bits per heavy atom. The van der Waals surface area contributed by atoms with Crippen molar-refractivity contribution in [2.75, 3.05) is 37.6 Å². The smallest absolute Gasteiger partial charge is 0.246 e. The molecule has 0 saturated carbocycles. The van der Waals surface area contributed by atoms with Gasteiger partial charge in [0.05, 0.1) is 61.2 Å². The number of carbonyl (C=O) groups excluding carboxylic acids is 1. The van der Waals surface area contributed by atoms with Gasteiger partial charge in [-0.05, 0) is 32.9 Å². The molecule has 0 spiro atoms. The molecule has 1 amide bonds. The van der Waals surface area contributed by atoms with E-state index in [1.807, 2.05) is 18.4 Å². The number of likely N-dealkylation sites (N-methyl/N-ethyl adjacent to an activating group) is 1. The average Bonchev–Trinajstić information content (AvgIpc) is 3.10. The van der Waals surface area contributed by atoms with Gasteiger partial charge >= 0.3 is 0 Å². The largest absolute Gasteiger partial charge is 0.358 e. The summed E-state index contributed by atoms with van der Waals surface area (Å²) >= 11 is 1.51. The van der Waals surface area contributed by atoms with Crippen LogP contribution in [0.1, 0.15) is 30.1 Å². The van der Waals surface area contributed by atoms with E-state index in [4.69, 9.17) is 0 Å². The van der Waals surface area contributed by atoms with E-state index in [1.165, 1.54) is 17.4 Å². The first-order valence-electron chi connectivity index (χ1n) is 9.59. The summed E-state index contributed by atoms with van der Waals surface area (Å²) in [4.78, 5) is 19.9. The van der Waals surface area contributed by atoms with Crippen LogP contribution in [0.2, 0.25) is 0 Å². The molecule has 0 aliphatic carbocycles. The zero-order valence-electron chi connectivity index (χ0n) is 16.6. The van der Waals surface area contributed by atoms with Gasteiger partial charge in [0, 0.05) is 10.9 Å². The van der Waals surface area contributed by atoms with E-state index in [0.717, 1.165) is 43.4 Å². The van der Waals surface area contributed by atoms with Gasteiger partial charge in [0.15, 0.2) is 0 Å². The lowest BCUT2D eigenvalue weighted by Gasteiger charge is -2.33. The molecule has 2 N–H and O–H groups in total. The van der Waals surface area contributed by atoms with Crippen LogP contribution in [0.4, 0.5) is 10.1 Å². The molecule has 1 aromatic carbocycles. The fourth-order valence-corrected chi connectivity index (χ4v) is 3.92. The minimum atomic E-state index is -0.253. The maximum Gasteiger partial charge on any atom is 0.246 e. The van der Waals surface area contributed by atoms with Crippen molar-refractivity contribution in [2.24, 2.45) is 5.10 Å². The number of amides is 1. The molecule has 0 bridgehead atoms. The number of benzene rings is 1. The third-order valence-corrected chi connectivity index (χ3v) is 5.86. The third kappa shape index (κ3) is 5.14. The van der Waals surface area contributed by atoms with Gasteiger partial charge in [-0.3, -0.25) is 4.79 Å². The van der Waals surface area contributed by atoms with E-state index >= 15 is 0 Å². The predicted octanol–water partition coefficient (Wildman–Crippen LogP) is 1.40. The van der Waals surface area contributed by atoms with Crippen molar-refractivity contribution in [3.8, 4) is 0 Å². The lowest BCUT2D eigenvalue weighted by atomic mass is 10.1. The molecule has 3 rings (SSSR count). The molecule has 1 fully saturated rings. The average molecular weight is 405 g/mol. The number of piperazine rings is 1. The molecule has 2 aromatic rings. The van der Waals surface area contributed by atoms with Crippen LogP contribution >= 0.6 is 11.3 Å². The Kier molecular flexibility index (Phi) is 6.74. The first-order valence-corrected chi connectivity index (χ1v) is 10.5. The highest BCUT2D eigenvalue weighted by molar-refractivity contribution is 7.09. The second kappa shape index (κ2) is 9.25. The van der Waals surface area contributed by atoms with Crippen LogP contribution < -0.4 is 15.2 Å². The Balaban J connectivity index is 1.60. The molecule has 1 aliphatic rings. The molecule has 6 nitrogen and oxygen atoms in total. The van der Waals surface area contributed by atoms with Crippen molar-refractivity contribution < 1.29 is 14.1 Å². The normalized spacial score (nSPS) is 15.7. The predicted molar refractivity (Wildman–Crippen MR) is 111 cm³/mol. The number of thiazole rings is 1. The van der Waals surface area contributed by atoms with Crippen molar-refractivity contribution in [3.63, 3.8) is 0 Å². The number of carbonyl (C=O) groups is 1. The van der Waals surface area contributed by atoms with Crippen molar-refractivity contribution in [2.45, 2.75) is 27.2 Å². The molecular weight excluding hydrogens is 377 g/mol. The lowest BCUT2D eigenvalue weighted by Crippen LogP contribution is -3.14. The maximum absolute atomic E-state index is 14.7. The molecular formula is C20H27FN5OS+. The van der Waals surface area contributed by atoms with Crippen molar-refractivity contribution in [3.05, 3.63) is 45.7 Å². The van der Waals surface area contributed by atoms with Crippen molar-refractivity contribution >= 4 is 28.6 Å². The van der Waals surface area contributed by atoms with Crippen LogP contribution in [0.3, 0.4) is 0 Å². The Labute approximate surface area is 169 Å². The SMILES string of the molecule is CC[NH+]1CCN(c2ccc(/C(C)=N\NC(=O)Cc3csc(C)n3)cc2F)CC1. The van der Waals surface area contributed by atoms with Crippen molar-refractivity contribution in [1.29, 1.82) is 0 Å². The number of hydrazone groups is 1. The topological polar surface area (TPSA) is 62.0 Å². The van der Waals surface area contributed by atoms with E-state index < -0.39 is 0 Å². The summed E-state index contributed by atoms with van der Waals surface area (Å²) in [5.41, 5.74) is 5.11. The summed E-state index contributed by atoms with van der Waals surface area (Å²) < 4.78 is 14.7. The van der Waals surface area contributed by atoms with Gasteiger partial charge in [-0.2, -0.15) is 5.10 Å². The molecule has 8 heteroatoms. The van der Waals surface area contributed by atoms with Crippen LogP contribution in [0, 0.1) is 12.7 Å². The van der Waals surface area contributed by atoms with E-state index in [2.05, 4.69) is 27.3 Å². The van der Waals surface area contributed by atoms with E-state index in [-0.39, 0.29) is 18.1 Å². The number of halogens is 1. The number of anilines is 1. The van der Waals surface area contributed by atoms with Crippen LogP contribution in [0.5, 0.6) is 0 Å². The molecule has 150 valence electrons. The Morgan fingerprint density at radius 2 is 2.14 bits per heavy atom. The van der Waals surface area contributed by atoms with E-state index in [9.17, 15) is 9.18 Å². The Hall–Kier alpha value is -2.32. The number of nitrogens with one attached hydrogen (secondary N) is 2. The number of nitrogens with zero attached hydrogens (tertiary/aromatic N) is 3. The number of rotatable bonds is 6.